The van der Waals surface area contributed by atoms with E-state index >= 15 is 0 Å². The first-order valence-corrected chi connectivity index (χ1v) is 4.63. The van der Waals surface area contributed by atoms with Gasteiger partial charge in [0.2, 0.25) is 0 Å². The Labute approximate surface area is 83.8 Å². The fourth-order valence-corrected chi connectivity index (χ4v) is 1.17. The molecule has 1 rings (SSSR count). The van der Waals surface area contributed by atoms with Gasteiger partial charge in [-0.25, -0.2) is 0 Å². The van der Waals surface area contributed by atoms with Crippen molar-refractivity contribution >= 4 is 11.4 Å². The Morgan fingerprint density at radius 2 is 1.43 bits per heavy atom. The van der Waals surface area contributed by atoms with Crippen molar-refractivity contribution in [1.82, 2.24) is 0 Å². The number of ether oxygens (including phenoxy) is 2. The quantitative estimate of drug-likeness (QED) is 0.718. The molecule has 78 valence electrons. The fraction of sp³-hybridized carbons (Fsp3) is 0.400. The maximum absolute atomic E-state index is 5.82. The molecule has 0 radical (unpaired) electrons. The zero-order chi connectivity index (χ0) is 10.6. The van der Waals surface area contributed by atoms with Crippen molar-refractivity contribution in [1.29, 1.82) is 0 Å². The van der Waals surface area contributed by atoms with Crippen molar-refractivity contribution in [3.63, 3.8) is 0 Å². The molecule has 4 N–H and O–H groups in total. The lowest BCUT2D eigenvalue weighted by Gasteiger charge is -2.12. The minimum Gasteiger partial charge on any atom is -0.491 e. The first-order chi connectivity index (χ1) is 6.69. The van der Waals surface area contributed by atoms with Gasteiger partial charge in [-0.3, -0.25) is 0 Å². The molecule has 0 aliphatic carbocycles. The lowest BCUT2D eigenvalue weighted by molar-refractivity contribution is 0.327. The molecule has 4 nitrogen and oxygen atoms in total. The molecule has 0 saturated carbocycles. The van der Waals surface area contributed by atoms with E-state index in [0.29, 0.717) is 36.1 Å². The standard InChI is InChI=1S/C10H16N2O2/c1-3-13-8-5-7(11)6-9(10(8)12)14-4-2/h5-6H,3-4,11-12H2,1-2H3. The summed E-state index contributed by atoms with van der Waals surface area (Å²) in [6, 6.07) is 3.39. The van der Waals surface area contributed by atoms with Crippen LogP contribution in [0.3, 0.4) is 0 Å². The van der Waals surface area contributed by atoms with Crippen LogP contribution in [0.4, 0.5) is 11.4 Å². The van der Waals surface area contributed by atoms with Crippen molar-refractivity contribution in [2.45, 2.75) is 13.8 Å². The maximum atomic E-state index is 5.82. The lowest BCUT2D eigenvalue weighted by atomic mass is 10.2. The molecule has 0 saturated heterocycles. The first-order valence-electron chi connectivity index (χ1n) is 4.63. The van der Waals surface area contributed by atoms with Gasteiger partial charge in [-0.1, -0.05) is 0 Å². The Bertz CT molecular complexity index is 286. The van der Waals surface area contributed by atoms with Crippen LogP contribution in [-0.2, 0) is 0 Å². The number of hydrogen-bond donors (Lipinski definition) is 2. The van der Waals surface area contributed by atoms with E-state index in [4.69, 9.17) is 20.9 Å². The first kappa shape index (κ1) is 10.5. The molecule has 0 bridgehead atoms. The lowest BCUT2D eigenvalue weighted by Crippen LogP contribution is -2.02. The predicted molar refractivity (Wildman–Crippen MR) is 57.6 cm³/mol. The molecular weight excluding hydrogens is 180 g/mol. The van der Waals surface area contributed by atoms with Crippen LogP contribution in [0.1, 0.15) is 13.8 Å². The maximum Gasteiger partial charge on any atom is 0.148 e. The molecule has 1 aromatic carbocycles. The summed E-state index contributed by atoms with van der Waals surface area (Å²) in [5.74, 6) is 1.16. The molecule has 0 spiro atoms. The molecule has 0 aliphatic heterocycles. The normalized spacial score (nSPS) is 9.86. The number of nitrogens with two attached hydrogens (primary N) is 2. The van der Waals surface area contributed by atoms with E-state index < -0.39 is 0 Å². The second-order valence-electron chi connectivity index (χ2n) is 2.80. The van der Waals surface area contributed by atoms with Crippen LogP contribution in [0.2, 0.25) is 0 Å². The highest BCUT2D eigenvalue weighted by atomic mass is 16.5. The summed E-state index contributed by atoms with van der Waals surface area (Å²) in [5, 5.41) is 0. The Kier molecular flexibility index (Phi) is 3.45. The number of rotatable bonds is 4. The van der Waals surface area contributed by atoms with Gasteiger partial charge in [0.15, 0.2) is 0 Å². The third-order valence-electron chi connectivity index (χ3n) is 1.73. The van der Waals surface area contributed by atoms with Gasteiger partial charge in [-0.05, 0) is 13.8 Å². The van der Waals surface area contributed by atoms with E-state index in [1.807, 2.05) is 13.8 Å². The highest BCUT2D eigenvalue weighted by Crippen LogP contribution is 2.34. The second kappa shape index (κ2) is 4.60. The van der Waals surface area contributed by atoms with Crippen LogP contribution in [-0.4, -0.2) is 13.2 Å². The van der Waals surface area contributed by atoms with Crippen LogP contribution in [0.25, 0.3) is 0 Å². The Balaban J connectivity index is 3.04. The molecule has 4 heteroatoms. The predicted octanol–water partition coefficient (Wildman–Crippen LogP) is 1.65. The van der Waals surface area contributed by atoms with E-state index in [0.717, 1.165) is 0 Å². The number of benzene rings is 1. The topological polar surface area (TPSA) is 70.5 Å². The van der Waals surface area contributed by atoms with Crippen molar-refractivity contribution in [2.24, 2.45) is 0 Å². The van der Waals surface area contributed by atoms with E-state index in [1.165, 1.54) is 0 Å². The molecule has 0 aliphatic rings. The van der Waals surface area contributed by atoms with E-state index in [2.05, 4.69) is 0 Å². The van der Waals surface area contributed by atoms with Crippen molar-refractivity contribution in [2.75, 3.05) is 24.7 Å². The van der Waals surface area contributed by atoms with Gasteiger partial charge in [0, 0.05) is 17.8 Å². The summed E-state index contributed by atoms with van der Waals surface area (Å²) in [6.45, 7) is 4.89. The van der Waals surface area contributed by atoms with E-state index in [1.54, 1.807) is 12.1 Å². The molecule has 1 aromatic rings. The number of anilines is 2. The largest absolute Gasteiger partial charge is 0.491 e. The van der Waals surface area contributed by atoms with Crippen molar-refractivity contribution in [3.8, 4) is 11.5 Å². The third-order valence-corrected chi connectivity index (χ3v) is 1.73. The molecule has 0 fully saturated rings. The molecular formula is C10H16N2O2. The summed E-state index contributed by atoms with van der Waals surface area (Å²) in [5.41, 5.74) is 12.6. The van der Waals surface area contributed by atoms with E-state index in [-0.39, 0.29) is 0 Å². The summed E-state index contributed by atoms with van der Waals surface area (Å²) in [7, 11) is 0. The minimum absolute atomic E-state index is 0.503. The van der Waals surface area contributed by atoms with Crippen molar-refractivity contribution in [3.05, 3.63) is 12.1 Å². The second-order valence-corrected chi connectivity index (χ2v) is 2.80. The summed E-state index contributed by atoms with van der Waals surface area (Å²) < 4.78 is 10.6. The summed E-state index contributed by atoms with van der Waals surface area (Å²) >= 11 is 0. The van der Waals surface area contributed by atoms with Gasteiger partial charge in [0.25, 0.3) is 0 Å². The van der Waals surface area contributed by atoms with Crippen molar-refractivity contribution < 1.29 is 9.47 Å². The average molecular weight is 196 g/mol. The highest BCUT2D eigenvalue weighted by molar-refractivity contribution is 5.68. The summed E-state index contributed by atoms with van der Waals surface area (Å²) in [4.78, 5) is 0. The minimum atomic E-state index is 0.503. The number of nitrogen functional groups attached to an aromatic ring is 2. The zero-order valence-corrected chi connectivity index (χ0v) is 8.54. The van der Waals surface area contributed by atoms with Crippen LogP contribution in [0.5, 0.6) is 11.5 Å². The van der Waals surface area contributed by atoms with Gasteiger partial charge >= 0.3 is 0 Å². The van der Waals surface area contributed by atoms with E-state index in [9.17, 15) is 0 Å². The van der Waals surface area contributed by atoms with Crippen LogP contribution < -0.4 is 20.9 Å². The Morgan fingerprint density at radius 3 is 1.79 bits per heavy atom. The molecule has 0 atom stereocenters. The molecule has 0 aromatic heterocycles. The van der Waals surface area contributed by atoms with Gasteiger partial charge < -0.3 is 20.9 Å². The van der Waals surface area contributed by atoms with Gasteiger partial charge in [0.1, 0.15) is 17.2 Å². The van der Waals surface area contributed by atoms with Crippen LogP contribution in [0.15, 0.2) is 12.1 Å². The average Bonchev–Trinajstić information content (AvgIpc) is 2.14. The van der Waals surface area contributed by atoms with Gasteiger partial charge in [0.05, 0.1) is 13.2 Å². The smallest absolute Gasteiger partial charge is 0.148 e. The molecule has 0 amide bonds. The monoisotopic (exact) mass is 196 g/mol. The molecule has 14 heavy (non-hydrogen) atoms. The zero-order valence-electron chi connectivity index (χ0n) is 8.54. The fourth-order valence-electron chi connectivity index (χ4n) is 1.17. The summed E-state index contributed by atoms with van der Waals surface area (Å²) in [6.07, 6.45) is 0. The van der Waals surface area contributed by atoms with Gasteiger partial charge in [-0.15, -0.1) is 0 Å². The SMILES string of the molecule is CCOc1cc(N)cc(OCC)c1N. The molecule has 0 heterocycles. The number of hydrogen-bond acceptors (Lipinski definition) is 4. The third kappa shape index (κ3) is 2.22. The Morgan fingerprint density at radius 1 is 1.00 bits per heavy atom. The van der Waals surface area contributed by atoms with Gasteiger partial charge in [-0.2, -0.15) is 0 Å². The van der Waals surface area contributed by atoms with Crippen LogP contribution in [0, 0.1) is 0 Å². The highest BCUT2D eigenvalue weighted by Gasteiger charge is 2.08. The Hall–Kier alpha value is -1.58. The molecule has 0 unspecified atom stereocenters. The van der Waals surface area contributed by atoms with Crippen LogP contribution >= 0.6 is 0 Å².